The molecule has 4 nitrogen and oxygen atoms in total. The topological polar surface area (TPSA) is 49.4 Å². The summed E-state index contributed by atoms with van der Waals surface area (Å²) >= 11 is 0. The third-order valence-electron chi connectivity index (χ3n) is 4.95. The maximum Gasteiger partial charge on any atom is 0.406 e. The standard InChI is InChI=1S/C20H23F3N2O2S/c1-13-10-14(2)19(15(3)11-13)28(26,27)24-18(20(21,22)23)12-25-9-8-16-6-4-5-7-17(16)25/h4-7,10-11,18,24H,8-9,12H2,1-3H3. The number of nitrogens with zero attached hydrogens (tertiary/aromatic N) is 1. The minimum Gasteiger partial charge on any atom is -0.369 e. The number of alkyl halides is 3. The molecule has 152 valence electrons. The van der Waals surface area contributed by atoms with E-state index in [2.05, 4.69) is 0 Å². The fraction of sp³-hybridized carbons (Fsp3) is 0.400. The summed E-state index contributed by atoms with van der Waals surface area (Å²) in [5.41, 5.74) is 3.40. The van der Waals surface area contributed by atoms with Crippen LogP contribution in [0.1, 0.15) is 22.3 Å². The number of nitrogens with one attached hydrogen (secondary N) is 1. The van der Waals surface area contributed by atoms with E-state index in [0.29, 0.717) is 24.1 Å². The second-order valence-corrected chi connectivity index (χ2v) is 8.92. The van der Waals surface area contributed by atoms with E-state index in [-0.39, 0.29) is 4.90 Å². The van der Waals surface area contributed by atoms with Gasteiger partial charge in [-0.05, 0) is 49.9 Å². The van der Waals surface area contributed by atoms with E-state index in [4.69, 9.17) is 0 Å². The smallest absolute Gasteiger partial charge is 0.369 e. The van der Waals surface area contributed by atoms with Crippen LogP contribution >= 0.6 is 0 Å². The molecule has 1 N–H and O–H groups in total. The van der Waals surface area contributed by atoms with Crippen molar-refractivity contribution in [1.29, 1.82) is 0 Å². The number of para-hydroxylation sites is 1. The number of fused-ring (bicyclic) bond motifs is 1. The van der Waals surface area contributed by atoms with Crippen molar-refractivity contribution in [3.63, 3.8) is 0 Å². The summed E-state index contributed by atoms with van der Waals surface area (Å²) in [7, 11) is -4.34. The Labute approximate surface area is 163 Å². The molecule has 1 aliphatic rings. The predicted octanol–water partition coefficient (Wildman–Crippen LogP) is 3.88. The first-order valence-electron chi connectivity index (χ1n) is 8.99. The van der Waals surface area contributed by atoms with Gasteiger partial charge in [-0.1, -0.05) is 35.9 Å². The number of benzene rings is 2. The maximum absolute atomic E-state index is 13.7. The summed E-state index contributed by atoms with van der Waals surface area (Å²) in [6, 6.07) is 8.35. The van der Waals surface area contributed by atoms with Crippen molar-refractivity contribution in [2.45, 2.75) is 44.3 Å². The highest BCUT2D eigenvalue weighted by atomic mass is 32.2. The summed E-state index contributed by atoms with van der Waals surface area (Å²) in [6.45, 7) is 4.95. The second-order valence-electron chi connectivity index (χ2n) is 7.27. The molecule has 2 aromatic rings. The van der Waals surface area contributed by atoms with Crippen LogP contribution < -0.4 is 9.62 Å². The minimum atomic E-state index is -4.71. The lowest BCUT2D eigenvalue weighted by atomic mass is 10.1. The fourth-order valence-corrected chi connectivity index (χ4v) is 5.53. The maximum atomic E-state index is 13.7. The summed E-state index contributed by atoms with van der Waals surface area (Å²) in [6.07, 6.45) is -4.07. The number of sulfonamides is 1. The minimum absolute atomic E-state index is 0.0887. The molecule has 0 fully saturated rings. The number of hydrogen-bond acceptors (Lipinski definition) is 3. The van der Waals surface area contributed by atoms with Crippen molar-refractivity contribution in [1.82, 2.24) is 4.72 Å². The molecule has 0 saturated heterocycles. The second kappa shape index (κ2) is 7.40. The van der Waals surface area contributed by atoms with Gasteiger partial charge in [-0.15, -0.1) is 0 Å². The Balaban J connectivity index is 1.90. The SMILES string of the molecule is Cc1cc(C)c(S(=O)(=O)NC(CN2CCc3ccccc32)C(F)(F)F)c(C)c1. The number of aryl methyl sites for hydroxylation is 3. The first-order valence-corrected chi connectivity index (χ1v) is 10.5. The lowest BCUT2D eigenvalue weighted by molar-refractivity contribution is -0.149. The quantitative estimate of drug-likeness (QED) is 0.811. The van der Waals surface area contributed by atoms with Gasteiger partial charge in [0.25, 0.3) is 0 Å². The average molecular weight is 412 g/mol. The van der Waals surface area contributed by atoms with E-state index >= 15 is 0 Å². The van der Waals surface area contributed by atoms with Crippen molar-refractivity contribution in [2.24, 2.45) is 0 Å². The first-order chi connectivity index (χ1) is 13.0. The van der Waals surface area contributed by atoms with E-state index in [1.54, 1.807) is 43.0 Å². The van der Waals surface area contributed by atoms with Gasteiger partial charge in [0, 0.05) is 18.8 Å². The highest BCUT2D eigenvalue weighted by Crippen LogP contribution is 2.31. The molecular formula is C20H23F3N2O2S. The van der Waals surface area contributed by atoms with Gasteiger partial charge in [-0.3, -0.25) is 0 Å². The zero-order valence-electron chi connectivity index (χ0n) is 16.0. The van der Waals surface area contributed by atoms with Crippen LogP contribution in [0, 0.1) is 20.8 Å². The van der Waals surface area contributed by atoms with Crippen LogP contribution in [-0.4, -0.2) is 33.7 Å². The fourth-order valence-electron chi connectivity index (χ4n) is 3.86. The van der Waals surface area contributed by atoms with Crippen molar-refractivity contribution in [3.8, 4) is 0 Å². The third-order valence-corrected chi connectivity index (χ3v) is 6.73. The summed E-state index contributed by atoms with van der Waals surface area (Å²) in [5, 5.41) is 0. The Morgan fingerprint density at radius 3 is 2.32 bits per heavy atom. The molecule has 1 heterocycles. The van der Waals surface area contributed by atoms with E-state index in [1.807, 2.05) is 23.8 Å². The van der Waals surface area contributed by atoms with Crippen LogP contribution in [-0.2, 0) is 16.4 Å². The van der Waals surface area contributed by atoms with Crippen molar-refractivity contribution in [2.75, 3.05) is 18.0 Å². The molecule has 0 radical (unpaired) electrons. The van der Waals surface area contributed by atoms with Crippen molar-refractivity contribution < 1.29 is 21.6 Å². The molecule has 28 heavy (non-hydrogen) atoms. The number of halogens is 3. The molecule has 0 amide bonds. The van der Waals surface area contributed by atoms with Gasteiger partial charge in [0.1, 0.15) is 6.04 Å². The Kier molecular flexibility index (Phi) is 5.46. The van der Waals surface area contributed by atoms with Crippen LogP contribution in [0.25, 0.3) is 0 Å². The molecule has 0 aromatic heterocycles. The summed E-state index contributed by atoms with van der Waals surface area (Å²) in [4.78, 5) is 1.50. The van der Waals surface area contributed by atoms with Crippen LogP contribution in [0.3, 0.4) is 0 Å². The molecule has 1 unspecified atom stereocenters. The highest BCUT2D eigenvalue weighted by molar-refractivity contribution is 7.89. The van der Waals surface area contributed by atoms with Gasteiger partial charge in [-0.25, -0.2) is 8.42 Å². The average Bonchev–Trinajstić information content (AvgIpc) is 2.95. The largest absolute Gasteiger partial charge is 0.406 e. The molecule has 0 aliphatic carbocycles. The van der Waals surface area contributed by atoms with Gasteiger partial charge in [-0.2, -0.15) is 17.9 Å². The normalized spacial score (nSPS) is 15.6. The van der Waals surface area contributed by atoms with E-state index in [9.17, 15) is 21.6 Å². The number of hydrogen-bond donors (Lipinski definition) is 1. The highest BCUT2D eigenvalue weighted by Gasteiger charge is 2.44. The van der Waals surface area contributed by atoms with Gasteiger partial charge >= 0.3 is 6.18 Å². The third kappa shape index (κ3) is 4.17. The summed E-state index contributed by atoms with van der Waals surface area (Å²) in [5.74, 6) is 0. The van der Waals surface area contributed by atoms with Crippen LogP contribution in [0.15, 0.2) is 41.3 Å². The first kappa shape index (κ1) is 20.7. The zero-order chi connectivity index (χ0) is 20.7. The Morgan fingerprint density at radius 2 is 1.71 bits per heavy atom. The van der Waals surface area contributed by atoms with Crippen LogP contribution in [0.2, 0.25) is 0 Å². The van der Waals surface area contributed by atoms with E-state index < -0.39 is 28.8 Å². The number of anilines is 1. The lowest BCUT2D eigenvalue weighted by Gasteiger charge is -2.28. The molecule has 0 saturated carbocycles. The molecule has 2 aromatic carbocycles. The molecule has 0 spiro atoms. The number of rotatable bonds is 5. The molecule has 0 bridgehead atoms. The monoisotopic (exact) mass is 412 g/mol. The molecule has 1 aliphatic heterocycles. The van der Waals surface area contributed by atoms with E-state index in [1.165, 1.54) is 0 Å². The Bertz CT molecular complexity index is 964. The van der Waals surface area contributed by atoms with Crippen LogP contribution in [0.5, 0.6) is 0 Å². The predicted molar refractivity (Wildman–Crippen MR) is 103 cm³/mol. The molecule has 3 rings (SSSR count). The lowest BCUT2D eigenvalue weighted by Crippen LogP contribution is -2.52. The summed E-state index contributed by atoms with van der Waals surface area (Å²) < 4.78 is 68.7. The van der Waals surface area contributed by atoms with Crippen LogP contribution in [0.4, 0.5) is 18.9 Å². The molecule has 8 heteroatoms. The van der Waals surface area contributed by atoms with Gasteiger partial charge < -0.3 is 4.90 Å². The van der Waals surface area contributed by atoms with Gasteiger partial charge in [0.15, 0.2) is 0 Å². The Morgan fingerprint density at radius 1 is 1.11 bits per heavy atom. The zero-order valence-corrected chi connectivity index (χ0v) is 16.8. The van der Waals surface area contributed by atoms with E-state index in [0.717, 1.165) is 16.8 Å². The molecule has 1 atom stereocenters. The van der Waals surface area contributed by atoms with Gasteiger partial charge in [0.05, 0.1) is 4.90 Å². The Hall–Kier alpha value is -2.06. The molecular weight excluding hydrogens is 389 g/mol. The van der Waals surface area contributed by atoms with Crippen molar-refractivity contribution in [3.05, 3.63) is 58.7 Å². The van der Waals surface area contributed by atoms with Gasteiger partial charge in [0.2, 0.25) is 10.0 Å². The van der Waals surface area contributed by atoms with Crippen molar-refractivity contribution >= 4 is 15.7 Å².